The van der Waals surface area contributed by atoms with Crippen molar-refractivity contribution in [3.8, 4) is 17.2 Å². The normalized spacial score (nSPS) is 10.1. The van der Waals surface area contributed by atoms with Crippen molar-refractivity contribution in [2.24, 2.45) is 0 Å². The molecule has 1 aromatic heterocycles. The summed E-state index contributed by atoms with van der Waals surface area (Å²) in [6, 6.07) is 3.76. The second kappa shape index (κ2) is 3.95. The highest BCUT2D eigenvalue weighted by atomic mass is 35.5. The first-order valence-electron chi connectivity index (χ1n) is 4.35. The van der Waals surface area contributed by atoms with Gasteiger partial charge in [0.2, 0.25) is 0 Å². The molecule has 2 nitrogen and oxygen atoms in total. The molecule has 16 heavy (non-hydrogen) atoms. The van der Waals surface area contributed by atoms with Crippen LogP contribution in [-0.4, -0.2) is 4.98 Å². The van der Waals surface area contributed by atoms with Gasteiger partial charge < -0.3 is 4.98 Å². The Bertz CT molecular complexity index is 584. The number of nitrogens with zero attached hydrogens (tertiary/aromatic N) is 1. The molecule has 0 saturated heterocycles. The zero-order chi connectivity index (χ0) is 11.7. The molecule has 2 rings (SSSR count). The lowest BCUT2D eigenvalue weighted by atomic mass is 10.0. The van der Waals surface area contributed by atoms with Crippen LogP contribution in [0, 0.1) is 23.0 Å². The molecule has 0 saturated carbocycles. The van der Waals surface area contributed by atoms with E-state index >= 15 is 0 Å². The Labute approximate surface area is 95.1 Å². The molecule has 0 spiro atoms. The molecule has 1 aromatic carbocycles. The average Bonchev–Trinajstić information content (AvgIpc) is 2.71. The first kappa shape index (κ1) is 10.7. The van der Waals surface area contributed by atoms with E-state index in [4.69, 9.17) is 16.9 Å². The summed E-state index contributed by atoms with van der Waals surface area (Å²) in [4.78, 5) is 2.68. The number of nitrogens with one attached hydrogen (secondary N) is 1. The number of hydrogen-bond acceptors (Lipinski definition) is 1. The van der Waals surface area contributed by atoms with E-state index in [0.29, 0.717) is 11.6 Å². The van der Waals surface area contributed by atoms with Crippen molar-refractivity contribution < 1.29 is 8.78 Å². The van der Waals surface area contributed by atoms with Crippen molar-refractivity contribution >= 4 is 11.6 Å². The molecular formula is C11H5ClF2N2. The van der Waals surface area contributed by atoms with Crippen LogP contribution in [0.1, 0.15) is 5.56 Å². The fourth-order valence-electron chi connectivity index (χ4n) is 1.41. The summed E-state index contributed by atoms with van der Waals surface area (Å²) in [5, 5.41) is 8.60. The van der Waals surface area contributed by atoms with E-state index in [0.717, 1.165) is 6.07 Å². The van der Waals surface area contributed by atoms with Crippen molar-refractivity contribution in [3.05, 3.63) is 46.7 Å². The molecule has 0 atom stereocenters. The van der Waals surface area contributed by atoms with E-state index in [-0.39, 0.29) is 16.1 Å². The van der Waals surface area contributed by atoms with Gasteiger partial charge in [-0.15, -0.1) is 0 Å². The lowest BCUT2D eigenvalue weighted by Crippen LogP contribution is -1.88. The van der Waals surface area contributed by atoms with Crippen molar-refractivity contribution in [2.45, 2.75) is 0 Å². The number of H-pyrrole nitrogens is 1. The van der Waals surface area contributed by atoms with Crippen molar-refractivity contribution in [2.75, 3.05) is 0 Å². The summed E-state index contributed by atoms with van der Waals surface area (Å²) >= 11 is 5.56. The molecule has 0 bridgehead atoms. The highest BCUT2D eigenvalue weighted by Crippen LogP contribution is 2.29. The number of aromatic nitrogens is 1. The highest BCUT2D eigenvalue weighted by molar-refractivity contribution is 6.31. The van der Waals surface area contributed by atoms with Crippen LogP contribution in [-0.2, 0) is 0 Å². The predicted molar refractivity (Wildman–Crippen MR) is 55.9 cm³/mol. The summed E-state index contributed by atoms with van der Waals surface area (Å²) in [6.07, 6.45) is 2.90. The van der Waals surface area contributed by atoms with Gasteiger partial charge in [0.15, 0.2) is 0 Å². The van der Waals surface area contributed by atoms with Crippen LogP contribution in [0.3, 0.4) is 0 Å². The van der Waals surface area contributed by atoms with Crippen molar-refractivity contribution in [1.82, 2.24) is 4.98 Å². The van der Waals surface area contributed by atoms with E-state index in [1.165, 1.54) is 12.4 Å². The molecular weight excluding hydrogens is 234 g/mol. The van der Waals surface area contributed by atoms with Gasteiger partial charge in [0.25, 0.3) is 0 Å². The van der Waals surface area contributed by atoms with E-state index in [1.54, 1.807) is 0 Å². The van der Waals surface area contributed by atoms with Crippen LogP contribution in [0.5, 0.6) is 0 Å². The van der Waals surface area contributed by atoms with Gasteiger partial charge in [0.05, 0.1) is 10.6 Å². The van der Waals surface area contributed by atoms with Gasteiger partial charge in [-0.3, -0.25) is 0 Å². The molecule has 0 aliphatic heterocycles. The Hall–Kier alpha value is -1.86. The third-order valence-electron chi connectivity index (χ3n) is 2.17. The molecule has 5 heteroatoms. The fourth-order valence-corrected chi connectivity index (χ4v) is 1.57. The second-order valence-corrected chi connectivity index (χ2v) is 3.55. The number of aromatic amines is 1. The highest BCUT2D eigenvalue weighted by Gasteiger charge is 2.13. The summed E-state index contributed by atoms with van der Waals surface area (Å²) in [5.41, 5.74) is 0.743. The zero-order valence-corrected chi connectivity index (χ0v) is 8.65. The molecule has 1 N–H and O–H groups in total. The Morgan fingerprint density at radius 2 is 1.88 bits per heavy atom. The lowest BCUT2D eigenvalue weighted by molar-refractivity contribution is 0.586. The lowest BCUT2D eigenvalue weighted by Gasteiger charge is -2.03. The molecule has 0 fully saturated rings. The van der Waals surface area contributed by atoms with Gasteiger partial charge >= 0.3 is 0 Å². The first-order chi connectivity index (χ1) is 7.63. The van der Waals surface area contributed by atoms with Crippen molar-refractivity contribution in [3.63, 3.8) is 0 Å². The second-order valence-electron chi connectivity index (χ2n) is 3.14. The van der Waals surface area contributed by atoms with Crippen LogP contribution in [0.4, 0.5) is 8.78 Å². The van der Waals surface area contributed by atoms with E-state index < -0.39 is 11.6 Å². The molecule has 2 aromatic rings. The number of halogens is 3. The minimum atomic E-state index is -0.822. The molecule has 0 unspecified atom stereocenters. The van der Waals surface area contributed by atoms with E-state index in [2.05, 4.69) is 4.98 Å². The van der Waals surface area contributed by atoms with Gasteiger partial charge in [-0.05, 0) is 6.07 Å². The third-order valence-corrected chi connectivity index (χ3v) is 2.46. The predicted octanol–water partition coefficient (Wildman–Crippen LogP) is 3.48. The maximum Gasteiger partial charge on any atom is 0.144 e. The number of nitriles is 1. The van der Waals surface area contributed by atoms with E-state index in [1.807, 2.05) is 6.07 Å². The summed E-state index contributed by atoms with van der Waals surface area (Å²) < 4.78 is 26.4. The van der Waals surface area contributed by atoms with Crippen LogP contribution in [0.15, 0.2) is 24.5 Å². The standard InChI is InChI=1S/C11H5ClF2N2/c12-9-1-7(10(13)2-11(9)14)8-5-16-4-6(8)3-15/h1-2,4-5,16H. The average molecular weight is 239 g/mol. The fraction of sp³-hybridized carbons (Fsp3) is 0. The molecule has 0 aliphatic rings. The van der Waals surface area contributed by atoms with Crippen LogP contribution in [0.25, 0.3) is 11.1 Å². The summed E-state index contributed by atoms with van der Waals surface area (Å²) in [5.74, 6) is -1.57. The summed E-state index contributed by atoms with van der Waals surface area (Å²) in [6.45, 7) is 0. The van der Waals surface area contributed by atoms with Gasteiger partial charge in [-0.1, -0.05) is 11.6 Å². The maximum atomic E-state index is 13.5. The Balaban J connectivity index is 2.66. The molecule has 0 amide bonds. The van der Waals surface area contributed by atoms with Gasteiger partial charge in [0.1, 0.15) is 17.7 Å². The molecule has 0 aliphatic carbocycles. The Kier molecular flexibility index (Phi) is 2.63. The summed E-state index contributed by atoms with van der Waals surface area (Å²) in [7, 11) is 0. The van der Waals surface area contributed by atoms with Gasteiger partial charge in [-0.2, -0.15) is 5.26 Å². The molecule has 0 radical (unpaired) electrons. The number of rotatable bonds is 1. The molecule has 1 heterocycles. The van der Waals surface area contributed by atoms with Gasteiger partial charge in [-0.25, -0.2) is 8.78 Å². The smallest absolute Gasteiger partial charge is 0.144 e. The van der Waals surface area contributed by atoms with Crippen LogP contribution < -0.4 is 0 Å². The Morgan fingerprint density at radius 1 is 1.12 bits per heavy atom. The molecule has 80 valence electrons. The number of hydrogen-bond donors (Lipinski definition) is 1. The Morgan fingerprint density at radius 3 is 2.56 bits per heavy atom. The topological polar surface area (TPSA) is 39.6 Å². The zero-order valence-electron chi connectivity index (χ0n) is 7.89. The SMILES string of the molecule is N#Cc1c[nH]cc1-c1cc(Cl)c(F)cc1F. The first-order valence-corrected chi connectivity index (χ1v) is 4.73. The monoisotopic (exact) mass is 238 g/mol. The van der Waals surface area contributed by atoms with E-state index in [9.17, 15) is 8.78 Å². The van der Waals surface area contributed by atoms with Crippen LogP contribution in [0.2, 0.25) is 5.02 Å². The quantitative estimate of drug-likeness (QED) is 0.759. The number of benzene rings is 1. The third kappa shape index (κ3) is 1.66. The van der Waals surface area contributed by atoms with Crippen molar-refractivity contribution in [1.29, 1.82) is 5.26 Å². The largest absolute Gasteiger partial charge is 0.366 e. The van der Waals surface area contributed by atoms with Crippen LogP contribution >= 0.6 is 11.6 Å². The minimum Gasteiger partial charge on any atom is -0.366 e. The van der Waals surface area contributed by atoms with Gasteiger partial charge in [0, 0.05) is 29.6 Å². The maximum absolute atomic E-state index is 13.5. The minimum absolute atomic E-state index is 0.101.